The van der Waals surface area contributed by atoms with Gasteiger partial charge in [-0.05, 0) is 13.8 Å². The molecule has 6 atom stereocenters. The van der Waals surface area contributed by atoms with Crippen LogP contribution in [0.3, 0.4) is 0 Å². The van der Waals surface area contributed by atoms with Crippen LogP contribution in [0.2, 0.25) is 0 Å². The molecule has 2 rings (SSSR count). The molecule has 0 aromatic rings. The van der Waals surface area contributed by atoms with Gasteiger partial charge in [-0.1, -0.05) is 0 Å². The molecule has 2 aliphatic rings. The summed E-state index contributed by atoms with van der Waals surface area (Å²) in [5, 5.41) is 18.6. The number of hydrogen-bond donors (Lipinski definition) is 2. The van der Waals surface area contributed by atoms with Gasteiger partial charge in [0.1, 0.15) is 24.4 Å². The summed E-state index contributed by atoms with van der Waals surface area (Å²) in [7, 11) is 0. The van der Waals surface area contributed by atoms with Crippen LogP contribution in [0, 0.1) is 0 Å². The number of hydrogen-bond acceptors (Lipinski definition) is 6. The second-order valence-corrected chi connectivity index (χ2v) is 4.09. The van der Waals surface area contributed by atoms with Gasteiger partial charge in [0.25, 0.3) is 0 Å². The Kier molecular flexibility index (Phi) is 3.78. The van der Waals surface area contributed by atoms with E-state index >= 15 is 0 Å². The van der Waals surface area contributed by atoms with Crippen molar-refractivity contribution in [3.05, 3.63) is 0 Å². The fraction of sp³-hybridized carbons (Fsp3) is 1.00. The molecule has 0 aromatic heterocycles. The Morgan fingerprint density at radius 2 is 1.94 bits per heavy atom. The Morgan fingerprint density at radius 1 is 1.19 bits per heavy atom. The SMILES string of the molecule is CC1OC[C@@H]2OC(C)O[C@H]([C@H](O)CO)[C@@H]2O1. The van der Waals surface area contributed by atoms with Crippen LogP contribution >= 0.6 is 0 Å². The van der Waals surface area contributed by atoms with Gasteiger partial charge in [0, 0.05) is 0 Å². The number of rotatable bonds is 2. The maximum Gasteiger partial charge on any atom is 0.156 e. The molecule has 2 N–H and O–H groups in total. The van der Waals surface area contributed by atoms with E-state index in [9.17, 15) is 5.11 Å². The fourth-order valence-corrected chi connectivity index (χ4v) is 2.07. The zero-order chi connectivity index (χ0) is 11.7. The molecule has 6 heteroatoms. The number of ether oxygens (including phenoxy) is 4. The zero-order valence-electron chi connectivity index (χ0n) is 9.41. The number of aliphatic hydroxyl groups excluding tert-OH is 2. The second kappa shape index (κ2) is 4.95. The minimum Gasteiger partial charge on any atom is -0.394 e. The van der Waals surface area contributed by atoms with Gasteiger partial charge in [0.05, 0.1) is 13.2 Å². The molecule has 16 heavy (non-hydrogen) atoms. The average Bonchev–Trinajstić information content (AvgIpc) is 2.27. The van der Waals surface area contributed by atoms with Gasteiger partial charge >= 0.3 is 0 Å². The van der Waals surface area contributed by atoms with Crippen molar-refractivity contribution in [1.29, 1.82) is 0 Å². The quantitative estimate of drug-likeness (QED) is 0.653. The summed E-state index contributed by atoms with van der Waals surface area (Å²) in [6.07, 6.45) is -2.99. The monoisotopic (exact) mass is 234 g/mol. The minimum atomic E-state index is -0.968. The topological polar surface area (TPSA) is 77.4 Å². The van der Waals surface area contributed by atoms with Crippen LogP contribution in [0.25, 0.3) is 0 Å². The van der Waals surface area contributed by atoms with Crippen molar-refractivity contribution in [2.45, 2.75) is 50.8 Å². The van der Waals surface area contributed by atoms with Gasteiger partial charge in [0.2, 0.25) is 0 Å². The molecule has 94 valence electrons. The Labute approximate surface area is 94.1 Å². The van der Waals surface area contributed by atoms with Crippen molar-refractivity contribution < 1.29 is 29.2 Å². The number of fused-ring (bicyclic) bond motifs is 1. The van der Waals surface area contributed by atoms with E-state index in [1.165, 1.54) is 0 Å². The van der Waals surface area contributed by atoms with Gasteiger partial charge in [-0.25, -0.2) is 0 Å². The Balaban J connectivity index is 2.08. The highest BCUT2D eigenvalue weighted by molar-refractivity contribution is 4.89. The van der Waals surface area contributed by atoms with Crippen molar-refractivity contribution in [3.8, 4) is 0 Å². The van der Waals surface area contributed by atoms with Gasteiger partial charge < -0.3 is 29.2 Å². The van der Waals surface area contributed by atoms with Crippen LogP contribution in [-0.2, 0) is 18.9 Å². The molecule has 2 saturated heterocycles. The van der Waals surface area contributed by atoms with Gasteiger partial charge in [0.15, 0.2) is 12.6 Å². The van der Waals surface area contributed by atoms with E-state index in [4.69, 9.17) is 24.1 Å². The Bertz CT molecular complexity index is 233. The summed E-state index contributed by atoms with van der Waals surface area (Å²) in [5.74, 6) is 0. The van der Waals surface area contributed by atoms with E-state index in [-0.39, 0.29) is 19.0 Å². The van der Waals surface area contributed by atoms with Gasteiger partial charge in [-0.2, -0.15) is 0 Å². The molecule has 2 unspecified atom stereocenters. The summed E-state index contributed by atoms with van der Waals surface area (Å²) in [5.41, 5.74) is 0. The molecule has 2 heterocycles. The lowest BCUT2D eigenvalue weighted by Gasteiger charge is -2.45. The molecule has 0 amide bonds. The second-order valence-electron chi connectivity index (χ2n) is 4.09. The maximum atomic E-state index is 9.67. The van der Waals surface area contributed by atoms with Crippen molar-refractivity contribution in [1.82, 2.24) is 0 Å². The van der Waals surface area contributed by atoms with Crippen LogP contribution in [0.1, 0.15) is 13.8 Å². The average molecular weight is 234 g/mol. The van der Waals surface area contributed by atoms with E-state index in [2.05, 4.69) is 0 Å². The lowest BCUT2D eigenvalue weighted by molar-refractivity contribution is -0.361. The van der Waals surface area contributed by atoms with Gasteiger partial charge in [-0.15, -0.1) is 0 Å². The molecule has 0 aliphatic carbocycles. The number of aliphatic hydroxyl groups is 2. The maximum absolute atomic E-state index is 9.67. The summed E-state index contributed by atoms with van der Waals surface area (Å²) >= 11 is 0. The van der Waals surface area contributed by atoms with E-state index in [1.54, 1.807) is 13.8 Å². The molecular formula is C10H18O6. The third kappa shape index (κ3) is 2.37. The van der Waals surface area contributed by atoms with Crippen LogP contribution in [0.5, 0.6) is 0 Å². The first-order chi connectivity index (χ1) is 7.61. The highest BCUT2D eigenvalue weighted by atomic mass is 16.8. The standard InChI is InChI=1S/C10H18O6/c1-5-13-4-8-10(15-5)9(7(12)3-11)16-6(2)14-8/h5-12H,3-4H2,1-2H3/t5?,6?,7-,8+,9-,10-/m1/s1. The first-order valence-corrected chi connectivity index (χ1v) is 5.48. The first kappa shape index (κ1) is 12.2. The van der Waals surface area contributed by atoms with Gasteiger partial charge in [-0.3, -0.25) is 0 Å². The summed E-state index contributed by atoms with van der Waals surface area (Å²) < 4.78 is 21.8. The van der Waals surface area contributed by atoms with Crippen molar-refractivity contribution >= 4 is 0 Å². The van der Waals surface area contributed by atoms with E-state index < -0.39 is 24.6 Å². The molecular weight excluding hydrogens is 216 g/mol. The lowest BCUT2D eigenvalue weighted by Crippen LogP contribution is -2.60. The van der Waals surface area contributed by atoms with E-state index in [1.807, 2.05) is 0 Å². The predicted molar refractivity (Wildman–Crippen MR) is 52.6 cm³/mol. The van der Waals surface area contributed by atoms with E-state index in [0.29, 0.717) is 6.61 Å². The molecule has 0 saturated carbocycles. The molecule has 0 spiro atoms. The van der Waals surface area contributed by atoms with Crippen LogP contribution in [-0.4, -0.2) is 60.4 Å². The molecule has 0 bridgehead atoms. The molecule has 0 radical (unpaired) electrons. The Hall–Kier alpha value is -0.240. The normalized spacial score (nSPS) is 46.1. The summed E-state index contributed by atoms with van der Waals surface area (Å²) in [6, 6.07) is 0. The smallest absolute Gasteiger partial charge is 0.156 e. The molecule has 2 fully saturated rings. The molecule has 0 aromatic carbocycles. The molecule has 2 aliphatic heterocycles. The largest absolute Gasteiger partial charge is 0.394 e. The predicted octanol–water partition coefficient (Wildman–Crippen LogP) is -0.769. The van der Waals surface area contributed by atoms with Crippen LogP contribution in [0.4, 0.5) is 0 Å². The van der Waals surface area contributed by atoms with Crippen molar-refractivity contribution in [2.75, 3.05) is 13.2 Å². The molecule has 6 nitrogen and oxygen atoms in total. The van der Waals surface area contributed by atoms with Crippen molar-refractivity contribution in [2.24, 2.45) is 0 Å². The lowest BCUT2D eigenvalue weighted by atomic mass is 10.0. The highest BCUT2D eigenvalue weighted by Crippen LogP contribution is 2.28. The third-order valence-electron chi connectivity index (χ3n) is 2.82. The third-order valence-corrected chi connectivity index (χ3v) is 2.82. The zero-order valence-corrected chi connectivity index (χ0v) is 9.41. The van der Waals surface area contributed by atoms with Crippen LogP contribution < -0.4 is 0 Å². The Morgan fingerprint density at radius 3 is 2.62 bits per heavy atom. The summed E-state index contributed by atoms with van der Waals surface area (Å²) in [6.45, 7) is 3.56. The fourth-order valence-electron chi connectivity index (χ4n) is 2.07. The minimum absolute atomic E-state index is 0.258. The highest BCUT2D eigenvalue weighted by Gasteiger charge is 2.45. The summed E-state index contributed by atoms with van der Waals surface area (Å²) in [4.78, 5) is 0. The van der Waals surface area contributed by atoms with Crippen LogP contribution in [0.15, 0.2) is 0 Å². The van der Waals surface area contributed by atoms with Crippen molar-refractivity contribution in [3.63, 3.8) is 0 Å². The first-order valence-electron chi connectivity index (χ1n) is 5.48. The van der Waals surface area contributed by atoms with E-state index in [0.717, 1.165) is 0 Å².